The van der Waals surface area contributed by atoms with Crippen molar-refractivity contribution >= 4 is 5.97 Å². The molecule has 1 heterocycles. The van der Waals surface area contributed by atoms with Crippen molar-refractivity contribution in [3.8, 4) is 0 Å². The normalized spacial score (nSPS) is 20.1. The van der Waals surface area contributed by atoms with Gasteiger partial charge in [0.1, 0.15) is 0 Å². The Labute approximate surface area is 108 Å². The number of carboxylic acids is 1. The molecule has 0 bridgehead atoms. The Morgan fingerprint density at radius 3 is 2.44 bits per heavy atom. The lowest BCUT2D eigenvalue weighted by atomic mass is 9.81. The first kappa shape index (κ1) is 13.1. The van der Waals surface area contributed by atoms with Crippen LogP contribution in [0.5, 0.6) is 0 Å². The fourth-order valence-corrected chi connectivity index (χ4v) is 2.77. The monoisotopic (exact) mass is 247 g/mol. The van der Waals surface area contributed by atoms with Crippen LogP contribution in [0.25, 0.3) is 0 Å². The number of nitrogens with zero attached hydrogens (tertiary/aromatic N) is 1. The predicted molar refractivity (Wildman–Crippen MR) is 71.4 cm³/mol. The smallest absolute Gasteiger partial charge is 0.303 e. The van der Waals surface area contributed by atoms with Gasteiger partial charge in [0.2, 0.25) is 0 Å². The topological polar surface area (TPSA) is 40.5 Å². The molecule has 0 amide bonds. The third-order valence-corrected chi connectivity index (χ3v) is 3.52. The molecule has 98 valence electrons. The van der Waals surface area contributed by atoms with Crippen molar-refractivity contribution in [2.45, 2.75) is 32.7 Å². The molecule has 1 aromatic rings. The zero-order valence-corrected chi connectivity index (χ0v) is 11.1. The van der Waals surface area contributed by atoms with Crippen LogP contribution in [-0.2, 0) is 4.79 Å². The molecule has 0 radical (unpaired) electrons. The highest BCUT2D eigenvalue weighted by molar-refractivity contribution is 5.66. The van der Waals surface area contributed by atoms with Gasteiger partial charge in [0.15, 0.2) is 0 Å². The predicted octanol–water partition coefficient (Wildman–Crippen LogP) is 2.93. The first-order valence-corrected chi connectivity index (χ1v) is 6.49. The molecule has 3 heteroatoms. The van der Waals surface area contributed by atoms with Crippen molar-refractivity contribution in [2.75, 3.05) is 13.1 Å². The maximum Gasteiger partial charge on any atom is 0.303 e. The Bertz CT molecular complexity index is 406. The third-order valence-electron chi connectivity index (χ3n) is 3.52. The Balaban J connectivity index is 2.07. The number of hydrogen-bond acceptors (Lipinski definition) is 2. The Morgan fingerprint density at radius 2 is 1.94 bits per heavy atom. The molecule has 1 saturated heterocycles. The molecule has 1 fully saturated rings. The van der Waals surface area contributed by atoms with Gasteiger partial charge in [-0.05, 0) is 17.4 Å². The van der Waals surface area contributed by atoms with E-state index in [1.807, 2.05) is 18.2 Å². The summed E-state index contributed by atoms with van der Waals surface area (Å²) in [6, 6.07) is 10.5. The van der Waals surface area contributed by atoms with Crippen LogP contribution in [0.4, 0.5) is 0 Å². The zero-order valence-electron chi connectivity index (χ0n) is 11.1. The van der Waals surface area contributed by atoms with Crippen LogP contribution in [0.1, 0.15) is 38.3 Å². The van der Waals surface area contributed by atoms with E-state index < -0.39 is 5.97 Å². The first-order valence-electron chi connectivity index (χ1n) is 6.49. The number of carboxylic acid groups (broad SMARTS) is 1. The average Bonchev–Trinajstić information content (AvgIpc) is 2.28. The molecule has 1 aromatic carbocycles. The fraction of sp³-hybridized carbons (Fsp3) is 0.533. The Hall–Kier alpha value is -1.35. The minimum absolute atomic E-state index is 0.233. The lowest BCUT2D eigenvalue weighted by molar-refractivity contribution is -0.137. The van der Waals surface area contributed by atoms with Crippen LogP contribution in [0.2, 0.25) is 0 Å². The molecule has 0 saturated carbocycles. The molecule has 3 nitrogen and oxygen atoms in total. The molecular weight excluding hydrogens is 226 g/mol. The largest absolute Gasteiger partial charge is 0.481 e. The molecule has 0 spiro atoms. The summed E-state index contributed by atoms with van der Waals surface area (Å²) in [5, 5.41) is 8.87. The van der Waals surface area contributed by atoms with Crippen LogP contribution in [0.3, 0.4) is 0 Å². The van der Waals surface area contributed by atoms with Gasteiger partial charge in [-0.15, -0.1) is 0 Å². The molecule has 1 aliphatic heterocycles. The second-order valence-corrected chi connectivity index (χ2v) is 5.93. The summed E-state index contributed by atoms with van der Waals surface area (Å²) in [6.07, 6.45) is 0.923. The van der Waals surface area contributed by atoms with Gasteiger partial charge in [-0.1, -0.05) is 44.2 Å². The molecule has 18 heavy (non-hydrogen) atoms. The standard InChI is InChI=1S/C15H21NO2/c1-15(2)10-16(11-15)13(8-9-14(17)18)12-6-4-3-5-7-12/h3-7,13H,8-11H2,1-2H3,(H,17,18). The molecule has 0 aliphatic carbocycles. The van der Waals surface area contributed by atoms with Crippen LogP contribution in [-0.4, -0.2) is 29.1 Å². The molecule has 1 N–H and O–H groups in total. The Kier molecular flexibility index (Phi) is 3.71. The molecule has 1 atom stereocenters. The highest BCUT2D eigenvalue weighted by Gasteiger charge is 2.38. The molecule has 0 aromatic heterocycles. The van der Waals surface area contributed by atoms with Gasteiger partial charge in [-0.3, -0.25) is 9.69 Å². The van der Waals surface area contributed by atoms with Gasteiger partial charge >= 0.3 is 5.97 Å². The lowest BCUT2D eigenvalue weighted by Crippen LogP contribution is -2.54. The number of carbonyl (C=O) groups is 1. The molecule has 1 unspecified atom stereocenters. The van der Waals surface area contributed by atoms with E-state index in [1.54, 1.807) is 0 Å². The van der Waals surface area contributed by atoms with Crippen molar-refractivity contribution < 1.29 is 9.90 Å². The zero-order chi connectivity index (χ0) is 13.2. The fourth-order valence-electron chi connectivity index (χ4n) is 2.77. The van der Waals surface area contributed by atoms with Crippen LogP contribution >= 0.6 is 0 Å². The van der Waals surface area contributed by atoms with Crippen molar-refractivity contribution in [1.29, 1.82) is 0 Å². The van der Waals surface area contributed by atoms with Crippen molar-refractivity contribution in [3.05, 3.63) is 35.9 Å². The lowest BCUT2D eigenvalue weighted by Gasteiger charge is -2.50. The Morgan fingerprint density at radius 1 is 1.33 bits per heavy atom. The maximum atomic E-state index is 10.8. The highest BCUT2D eigenvalue weighted by Crippen LogP contribution is 2.38. The number of likely N-dealkylation sites (tertiary alicyclic amines) is 1. The van der Waals surface area contributed by atoms with Crippen LogP contribution < -0.4 is 0 Å². The maximum absolute atomic E-state index is 10.8. The summed E-state index contributed by atoms with van der Waals surface area (Å²) in [5.74, 6) is -0.712. The van der Waals surface area contributed by atoms with Crippen molar-refractivity contribution in [3.63, 3.8) is 0 Å². The van der Waals surface area contributed by atoms with E-state index in [4.69, 9.17) is 5.11 Å². The quantitative estimate of drug-likeness (QED) is 0.869. The van der Waals surface area contributed by atoms with E-state index in [-0.39, 0.29) is 12.5 Å². The summed E-state index contributed by atoms with van der Waals surface area (Å²) in [5.41, 5.74) is 1.60. The summed E-state index contributed by atoms with van der Waals surface area (Å²) in [6.45, 7) is 6.60. The minimum atomic E-state index is -0.712. The minimum Gasteiger partial charge on any atom is -0.481 e. The van der Waals surface area contributed by atoms with Gasteiger partial charge < -0.3 is 5.11 Å². The van der Waals surface area contributed by atoms with Crippen LogP contribution in [0.15, 0.2) is 30.3 Å². The second-order valence-electron chi connectivity index (χ2n) is 5.93. The van der Waals surface area contributed by atoms with E-state index in [9.17, 15) is 4.79 Å². The number of benzene rings is 1. The summed E-state index contributed by atoms with van der Waals surface area (Å²) >= 11 is 0. The van der Waals surface area contributed by atoms with Gasteiger partial charge in [0.05, 0.1) is 0 Å². The summed E-state index contributed by atoms with van der Waals surface area (Å²) in [4.78, 5) is 13.2. The SMILES string of the molecule is CC1(C)CN(C(CCC(=O)O)c2ccccc2)C1. The third kappa shape index (κ3) is 3.10. The van der Waals surface area contributed by atoms with Gasteiger partial charge in [0.25, 0.3) is 0 Å². The first-order chi connectivity index (χ1) is 8.48. The van der Waals surface area contributed by atoms with Crippen LogP contribution in [0, 0.1) is 5.41 Å². The summed E-state index contributed by atoms with van der Waals surface area (Å²) < 4.78 is 0. The van der Waals surface area contributed by atoms with E-state index in [0.29, 0.717) is 11.8 Å². The highest BCUT2D eigenvalue weighted by atomic mass is 16.4. The molecular formula is C15H21NO2. The van der Waals surface area contributed by atoms with Gasteiger partial charge in [0, 0.05) is 25.6 Å². The van der Waals surface area contributed by atoms with E-state index in [1.165, 1.54) is 5.56 Å². The van der Waals surface area contributed by atoms with E-state index in [2.05, 4.69) is 30.9 Å². The molecule has 2 rings (SSSR count). The molecule has 1 aliphatic rings. The van der Waals surface area contributed by atoms with Crippen molar-refractivity contribution in [2.24, 2.45) is 5.41 Å². The number of rotatable bonds is 5. The average molecular weight is 247 g/mol. The van der Waals surface area contributed by atoms with Gasteiger partial charge in [-0.2, -0.15) is 0 Å². The van der Waals surface area contributed by atoms with E-state index >= 15 is 0 Å². The summed E-state index contributed by atoms with van der Waals surface area (Å²) in [7, 11) is 0. The number of aliphatic carboxylic acids is 1. The van der Waals surface area contributed by atoms with Gasteiger partial charge in [-0.25, -0.2) is 0 Å². The second kappa shape index (κ2) is 5.11. The van der Waals surface area contributed by atoms with E-state index in [0.717, 1.165) is 13.1 Å². The van der Waals surface area contributed by atoms with Crippen molar-refractivity contribution in [1.82, 2.24) is 4.90 Å². The number of hydrogen-bond donors (Lipinski definition) is 1.